The molecular weight excluding hydrogens is 378 g/mol. The van der Waals surface area contributed by atoms with Crippen molar-refractivity contribution in [2.45, 2.75) is 58.9 Å². The highest BCUT2D eigenvalue weighted by Crippen LogP contribution is 2.31. The molecule has 27 heavy (non-hydrogen) atoms. The van der Waals surface area contributed by atoms with Gasteiger partial charge in [0.25, 0.3) is 0 Å². The Kier molecular flexibility index (Phi) is 8.14. The quantitative estimate of drug-likeness (QED) is 0.651. The van der Waals surface area contributed by atoms with Crippen LogP contribution in [0, 0.1) is 12.8 Å². The zero-order valence-corrected chi connectivity index (χ0v) is 17.1. The first-order valence-corrected chi connectivity index (χ1v) is 9.21. The number of hydrogen-bond acceptors (Lipinski definition) is 9. The topological polar surface area (TPSA) is 125 Å². The first-order valence-electron chi connectivity index (χ1n) is 8.40. The van der Waals surface area contributed by atoms with Crippen molar-refractivity contribution >= 4 is 28.9 Å². The number of aryl methyl sites for hydroxylation is 1. The summed E-state index contributed by atoms with van der Waals surface area (Å²) in [5.74, 6) is -1.90. The number of thioether (sulfide) groups is 1. The molecule has 0 aromatic carbocycles. The summed E-state index contributed by atoms with van der Waals surface area (Å²) >= 11 is 0.723. The standard InChI is InChI=1S/C17H25NO8S/c1-7-23-14(20)12(18-13(19)9(2)3)17(5,6)27-16(22)24-8-11-10(4)25-15(21)26-11/h9,12H,7-8H2,1-6H3,(H,18,19)/t12-/m0/s1. The Bertz CT molecular complexity index is 734. The molecule has 1 rings (SSSR count). The van der Waals surface area contributed by atoms with Gasteiger partial charge in [-0.25, -0.2) is 14.4 Å². The van der Waals surface area contributed by atoms with E-state index in [1.807, 2.05) is 0 Å². The van der Waals surface area contributed by atoms with E-state index in [1.165, 1.54) is 6.92 Å². The Balaban J connectivity index is 2.82. The van der Waals surface area contributed by atoms with Gasteiger partial charge in [-0.1, -0.05) is 13.8 Å². The van der Waals surface area contributed by atoms with Crippen molar-refractivity contribution in [3.8, 4) is 0 Å². The minimum atomic E-state index is -1.06. The fraction of sp³-hybridized carbons (Fsp3) is 0.647. The third-order valence-corrected chi connectivity index (χ3v) is 4.58. The van der Waals surface area contributed by atoms with E-state index >= 15 is 0 Å². The molecule has 152 valence electrons. The first-order chi connectivity index (χ1) is 12.5. The fourth-order valence-electron chi connectivity index (χ4n) is 1.99. The van der Waals surface area contributed by atoms with Crippen molar-refractivity contribution in [1.82, 2.24) is 5.32 Å². The zero-order chi connectivity index (χ0) is 20.8. The van der Waals surface area contributed by atoms with Crippen molar-refractivity contribution in [1.29, 1.82) is 0 Å². The monoisotopic (exact) mass is 403 g/mol. The molecule has 9 nitrogen and oxygen atoms in total. The van der Waals surface area contributed by atoms with Crippen molar-refractivity contribution in [2.75, 3.05) is 6.61 Å². The van der Waals surface area contributed by atoms with E-state index in [-0.39, 0.29) is 36.6 Å². The van der Waals surface area contributed by atoms with Crippen molar-refractivity contribution in [2.24, 2.45) is 5.92 Å². The number of carbonyl (C=O) groups excluding carboxylic acids is 3. The number of carbonyl (C=O) groups is 3. The molecular formula is C17H25NO8S. The Morgan fingerprint density at radius 2 is 1.81 bits per heavy atom. The maximum absolute atomic E-state index is 12.3. The minimum absolute atomic E-state index is 0.0989. The van der Waals surface area contributed by atoms with Gasteiger partial charge >= 0.3 is 17.1 Å². The lowest BCUT2D eigenvalue weighted by atomic mass is 10.0. The molecule has 0 aliphatic heterocycles. The van der Waals surface area contributed by atoms with Crippen LogP contribution in [0.15, 0.2) is 13.6 Å². The SMILES string of the molecule is CCOC(=O)[C@H](NC(=O)C(C)C)C(C)(C)SC(=O)OCc1oc(=O)oc1C. The molecule has 1 heterocycles. The second-order valence-electron chi connectivity index (χ2n) is 6.53. The highest BCUT2D eigenvalue weighted by Gasteiger charge is 2.41. The maximum atomic E-state index is 12.3. The molecule has 1 aromatic heterocycles. The highest BCUT2D eigenvalue weighted by atomic mass is 32.2. The van der Waals surface area contributed by atoms with Gasteiger partial charge in [-0.05, 0) is 39.5 Å². The van der Waals surface area contributed by atoms with Crippen LogP contribution in [0.25, 0.3) is 0 Å². The van der Waals surface area contributed by atoms with Crippen molar-refractivity contribution < 1.29 is 32.7 Å². The van der Waals surface area contributed by atoms with Crippen LogP contribution in [0.1, 0.15) is 46.1 Å². The second-order valence-corrected chi connectivity index (χ2v) is 8.12. The maximum Gasteiger partial charge on any atom is 0.519 e. The predicted octanol–water partition coefficient (Wildman–Crippen LogP) is 2.39. The van der Waals surface area contributed by atoms with Gasteiger partial charge in [-0.15, -0.1) is 0 Å². The molecule has 0 aliphatic rings. The van der Waals surface area contributed by atoms with Gasteiger partial charge in [0.05, 0.1) is 11.4 Å². The van der Waals surface area contributed by atoms with Gasteiger partial charge in [-0.3, -0.25) is 4.79 Å². The Morgan fingerprint density at radius 1 is 1.19 bits per heavy atom. The van der Waals surface area contributed by atoms with Crippen LogP contribution >= 0.6 is 11.8 Å². The van der Waals surface area contributed by atoms with E-state index in [0.29, 0.717) is 0 Å². The van der Waals surface area contributed by atoms with E-state index in [9.17, 15) is 19.2 Å². The van der Waals surface area contributed by atoms with Gasteiger partial charge in [0.2, 0.25) is 5.91 Å². The molecule has 1 amide bonds. The average molecular weight is 403 g/mol. The molecule has 0 unspecified atom stereocenters. The number of hydrogen-bond donors (Lipinski definition) is 1. The first kappa shape index (κ1) is 22.8. The molecule has 1 atom stereocenters. The number of rotatable bonds is 8. The summed E-state index contributed by atoms with van der Waals surface area (Å²) in [6.45, 7) is 9.60. The van der Waals surface area contributed by atoms with Gasteiger partial charge in [0.15, 0.2) is 18.1 Å². The summed E-state index contributed by atoms with van der Waals surface area (Å²) in [6.07, 6.45) is 0. The summed E-state index contributed by atoms with van der Waals surface area (Å²) in [4.78, 5) is 47.5. The summed E-state index contributed by atoms with van der Waals surface area (Å²) in [6, 6.07) is -1.06. The number of ether oxygens (including phenoxy) is 2. The van der Waals surface area contributed by atoms with Crippen molar-refractivity contribution in [3.63, 3.8) is 0 Å². The number of nitrogens with one attached hydrogen (secondary N) is 1. The van der Waals surface area contributed by atoms with E-state index in [2.05, 4.69) is 9.73 Å². The molecule has 1 aromatic rings. The van der Waals surface area contributed by atoms with Crippen LogP contribution in [0.3, 0.4) is 0 Å². The van der Waals surface area contributed by atoms with E-state index in [4.69, 9.17) is 13.9 Å². The van der Waals surface area contributed by atoms with E-state index < -0.39 is 27.9 Å². The lowest BCUT2D eigenvalue weighted by Crippen LogP contribution is -2.54. The van der Waals surface area contributed by atoms with Crippen LogP contribution in [0.4, 0.5) is 4.79 Å². The van der Waals surface area contributed by atoms with Crippen LogP contribution in [0.5, 0.6) is 0 Å². The lowest BCUT2D eigenvalue weighted by Gasteiger charge is -2.31. The average Bonchev–Trinajstić information content (AvgIpc) is 2.87. The molecule has 0 bridgehead atoms. The van der Waals surface area contributed by atoms with Crippen LogP contribution in [-0.4, -0.2) is 34.6 Å². The molecule has 0 fully saturated rings. The molecule has 0 saturated heterocycles. The zero-order valence-electron chi connectivity index (χ0n) is 16.2. The molecule has 0 saturated carbocycles. The molecule has 0 spiro atoms. The third kappa shape index (κ3) is 6.78. The summed E-state index contributed by atoms with van der Waals surface area (Å²) < 4.78 is 18.5. The lowest BCUT2D eigenvalue weighted by molar-refractivity contribution is -0.148. The van der Waals surface area contributed by atoms with Gasteiger partial charge in [-0.2, -0.15) is 0 Å². The van der Waals surface area contributed by atoms with E-state index in [0.717, 1.165) is 11.8 Å². The molecule has 10 heteroatoms. The molecule has 0 radical (unpaired) electrons. The summed E-state index contributed by atoms with van der Waals surface area (Å²) in [7, 11) is 0. The predicted molar refractivity (Wildman–Crippen MR) is 97.2 cm³/mol. The Hall–Kier alpha value is -2.23. The minimum Gasteiger partial charge on any atom is -0.464 e. The van der Waals surface area contributed by atoms with Crippen LogP contribution in [-0.2, 0) is 25.7 Å². The largest absolute Gasteiger partial charge is 0.519 e. The molecule has 1 N–H and O–H groups in total. The van der Waals surface area contributed by atoms with Crippen LogP contribution < -0.4 is 11.1 Å². The number of esters is 1. The number of amides is 1. The summed E-state index contributed by atoms with van der Waals surface area (Å²) in [5, 5.41) is 1.90. The fourth-order valence-corrected chi connectivity index (χ4v) is 2.81. The Labute approximate surface area is 161 Å². The second kappa shape index (κ2) is 9.63. The summed E-state index contributed by atoms with van der Waals surface area (Å²) in [5.41, 5.74) is 0. The van der Waals surface area contributed by atoms with Gasteiger partial charge in [0, 0.05) is 5.92 Å². The highest BCUT2D eigenvalue weighted by molar-refractivity contribution is 8.14. The van der Waals surface area contributed by atoms with Gasteiger partial charge in [0.1, 0.15) is 6.04 Å². The Morgan fingerprint density at radius 3 is 2.30 bits per heavy atom. The third-order valence-electron chi connectivity index (χ3n) is 3.53. The van der Waals surface area contributed by atoms with Gasteiger partial charge < -0.3 is 23.6 Å². The van der Waals surface area contributed by atoms with Crippen LogP contribution in [0.2, 0.25) is 0 Å². The normalized spacial score (nSPS) is 12.6. The molecule has 0 aliphatic carbocycles. The van der Waals surface area contributed by atoms with Crippen molar-refractivity contribution in [3.05, 3.63) is 22.1 Å². The smallest absolute Gasteiger partial charge is 0.464 e. The van der Waals surface area contributed by atoms with E-state index in [1.54, 1.807) is 34.6 Å².